The zero-order chi connectivity index (χ0) is 19.2. The van der Waals surface area contributed by atoms with Crippen molar-refractivity contribution >= 4 is 45.0 Å². The van der Waals surface area contributed by atoms with Crippen LogP contribution in [0.5, 0.6) is 0 Å². The Hall–Kier alpha value is -2.64. The van der Waals surface area contributed by atoms with E-state index >= 15 is 0 Å². The van der Waals surface area contributed by atoms with Crippen molar-refractivity contribution in [3.63, 3.8) is 0 Å². The lowest BCUT2D eigenvalue weighted by Crippen LogP contribution is -2.11. The summed E-state index contributed by atoms with van der Waals surface area (Å²) in [5, 5.41) is 13.5. The maximum Gasteiger partial charge on any atom is 0.271 e. The second-order valence-electron chi connectivity index (χ2n) is 5.70. The Labute approximate surface area is 169 Å². The third-order valence-corrected chi connectivity index (χ3v) is 5.36. The van der Waals surface area contributed by atoms with E-state index in [0.29, 0.717) is 11.3 Å². The maximum absolute atomic E-state index is 12.3. The van der Waals surface area contributed by atoms with Crippen molar-refractivity contribution in [1.29, 1.82) is 0 Å². The second kappa shape index (κ2) is 8.83. The number of nitrogens with one attached hydrogen (secondary N) is 1. The third-order valence-electron chi connectivity index (χ3n) is 3.75. The molecule has 7 heteroatoms. The minimum absolute atomic E-state index is 0.0619. The number of carbonyl (C=O) groups excluding carboxylic acids is 1. The predicted octanol–water partition coefficient (Wildman–Crippen LogP) is 5.90. The Balaban J connectivity index is 1.60. The summed E-state index contributed by atoms with van der Waals surface area (Å²) in [6, 6.07) is 21.3. The molecule has 0 aliphatic heterocycles. The molecule has 0 aliphatic rings. The lowest BCUT2D eigenvalue weighted by Gasteiger charge is -2.07. The highest BCUT2D eigenvalue weighted by Gasteiger charge is 2.10. The van der Waals surface area contributed by atoms with Crippen molar-refractivity contribution in [2.75, 3.05) is 5.32 Å². The van der Waals surface area contributed by atoms with Gasteiger partial charge in [0.05, 0.1) is 4.92 Å². The van der Waals surface area contributed by atoms with Crippen molar-refractivity contribution < 1.29 is 9.72 Å². The van der Waals surface area contributed by atoms with Crippen molar-refractivity contribution in [2.45, 2.75) is 10.6 Å². The van der Waals surface area contributed by atoms with Crippen LogP contribution in [0, 0.1) is 10.1 Å². The highest BCUT2D eigenvalue weighted by molar-refractivity contribution is 9.10. The van der Waals surface area contributed by atoms with Gasteiger partial charge in [0.15, 0.2) is 0 Å². The van der Waals surface area contributed by atoms with Crippen LogP contribution in [-0.4, -0.2) is 10.8 Å². The molecule has 5 nitrogen and oxygen atoms in total. The summed E-state index contributed by atoms with van der Waals surface area (Å²) in [5.74, 6) is 0.497. The van der Waals surface area contributed by atoms with Crippen molar-refractivity contribution in [3.05, 3.63) is 98.5 Å². The van der Waals surface area contributed by atoms with Crippen LogP contribution in [-0.2, 0) is 5.75 Å². The predicted molar refractivity (Wildman–Crippen MR) is 111 cm³/mol. The SMILES string of the molecule is O=C(Nc1cccc([N+](=O)[O-])c1)c1ccc(CSc2ccc(Br)cc2)cc1. The summed E-state index contributed by atoms with van der Waals surface area (Å²) >= 11 is 5.14. The van der Waals surface area contributed by atoms with E-state index in [1.807, 2.05) is 24.3 Å². The molecule has 0 aromatic heterocycles. The number of anilines is 1. The standard InChI is InChI=1S/C20H15BrN2O3S/c21-16-8-10-19(11-9-16)27-13-14-4-6-15(7-5-14)20(24)22-17-2-1-3-18(12-17)23(25)26/h1-12H,13H2,(H,22,24). The van der Waals surface area contributed by atoms with Gasteiger partial charge in [-0.05, 0) is 48.0 Å². The normalized spacial score (nSPS) is 10.4. The molecule has 0 atom stereocenters. The summed E-state index contributed by atoms with van der Waals surface area (Å²) in [4.78, 5) is 23.8. The Kier molecular flexibility index (Phi) is 6.26. The van der Waals surface area contributed by atoms with Crippen LogP contribution < -0.4 is 5.32 Å². The highest BCUT2D eigenvalue weighted by Crippen LogP contribution is 2.24. The zero-order valence-corrected chi connectivity index (χ0v) is 16.5. The van der Waals surface area contributed by atoms with Gasteiger partial charge in [0.1, 0.15) is 0 Å². The Morgan fingerprint density at radius 3 is 2.41 bits per heavy atom. The molecule has 1 amide bonds. The average molecular weight is 443 g/mol. The number of hydrogen-bond acceptors (Lipinski definition) is 4. The number of non-ortho nitro benzene ring substituents is 1. The van der Waals surface area contributed by atoms with Crippen LogP contribution in [0.2, 0.25) is 0 Å². The number of nitrogens with zero attached hydrogens (tertiary/aromatic N) is 1. The summed E-state index contributed by atoms with van der Waals surface area (Å²) in [6.45, 7) is 0. The molecule has 0 unspecified atom stereocenters. The van der Waals surface area contributed by atoms with Gasteiger partial charge in [-0.25, -0.2) is 0 Å². The maximum atomic E-state index is 12.3. The lowest BCUT2D eigenvalue weighted by atomic mass is 10.1. The van der Waals surface area contributed by atoms with E-state index in [1.54, 1.807) is 30.0 Å². The molecule has 0 spiro atoms. The molecule has 3 rings (SSSR count). The summed E-state index contributed by atoms with van der Waals surface area (Å²) in [5.41, 5.74) is 1.94. The highest BCUT2D eigenvalue weighted by atomic mass is 79.9. The number of halogens is 1. The van der Waals surface area contributed by atoms with Gasteiger partial charge >= 0.3 is 0 Å². The largest absolute Gasteiger partial charge is 0.322 e. The lowest BCUT2D eigenvalue weighted by molar-refractivity contribution is -0.384. The van der Waals surface area contributed by atoms with Gasteiger partial charge in [-0.3, -0.25) is 14.9 Å². The van der Waals surface area contributed by atoms with Crippen LogP contribution in [0.1, 0.15) is 15.9 Å². The van der Waals surface area contributed by atoms with Crippen molar-refractivity contribution in [2.24, 2.45) is 0 Å². The van der Waals surface area contributed by atoms with E-state index in [-0.39, 0.29) is 11.6 Å². The van der Waals surface area contributed by atoms with Crippen molar-refractivity contribution in [3.8, 4) is 0 Å². The van der Waals surface area contributed by atoms with Crippen LogP contribution in [0.3, 0.4) is 0 Å². The van der Waals surface area contributed by atoms with E-state index in [1.165, 1.54) is 23.1 Å². The van der Waals surface area contributed by atoms with Crippen LogP contribution in [0.25, 0.3) is 0 Å². The topological polar surface area (TPSA) is 72.2 Å². The molecule has 3 aromatic carbocycles. The molecule has 0 fully saturated rings. The van der Waals surface area contributed by atoms with Gasteiger partial charge in [-0.15, -0.1) is 11.8 Å². The molecule has 0 aliphatic carbocycles. The molecule has 0 radical (unpaired) electrons. The first-order valence-electron chi connectivity index (χ1n) is 8.04. The van der Waals surface area contributed by atoms with Gasteiger partial charge in [0, 0.05) is 38.5 Å². The molecule has 0 bridgehead atoms. The van der Waals surface area contributed by atoms with E-state index < -0.39 is 4.92 Å². The molecular weight excluding hydrogens is 428 g/mol. The van der Waals surface area contributed by atoms with E-state index in [9.17, 15) is 14.9 Å². The summed E-state index contributed by atoms with van der Waals surface area (Å²) in [7, 11) is 0. The number of hydrogen-bond donors (Lipinski definition) is 1. The van der Waals surface area contributed by atoms with Crippen LogP contribution in [0.15, 0.2) is 82.2 Å². The quantitative estimate of drug-likeness (QED) is 0.292. The zero-order valence-electron chi connectivity index (χ0n) is 14.1. The Morgan fingerprint density at radius 1 is 1.04 bits per heavy atom. The summed E-state index contributed by atoms with van der Waals surface area (Å²) in [6.07, 6.45) is 0. The fourth-order valence-corrected chi connectivity index (χ4v) is 3.47. The van der Waals surface area contributed by atoms with Crippen LogP contribution in [0.4, 0.5) is 11.4 Å². The minimum atomic E-state index is -0.493. The third kappa shape index (κ3) is 5.42. The Morgan fingerprint density at radius 2 is 1.74 bits per heavy atom. The van der Waals surface area contributed by atoms with Crippen LogP contribution >= 0.6 is 27.7 Å². The molecule has 0 saturated heterocycles. The number of thioether (sulfide) groups is 1. The van der Waals surface area contributed by atoms with E-state index in [0.717, 1.165) is 15.8 Å². The summed E-state index contributed by atoms with van der Waals surface area (Å²) < 4.78 is 1.05. The molecule has 136 valence electrons. The average Bonchev–Trinajstić information content (AvgIpc) is 2.68. The minimum Gasteiger partial charge on any atom is -0.322 e. The smallest absolute Gasteiger partial charge is 0.271 e. The van der Waals surface area contributed by atoms with Gasteiger partial charge in [0.25, 0.3) is 11.6 Å². The number of benzene rings is 3. The first kappa shape index (κ1) is 19.1. The molecular formula is C20H15BrN2O3S. The van der Waals surface area contributed by atoms with Gasteiger partial charge < -0.3 is 5.32 Å². The fourth-order valence-electron chi connectivity index (χ4n) is 2.35. The van der Waals surface area contributed by atoms with Crippen molar-refractivity contribution in [1.82, 2.24) is 0 Å². The molecule has 27 heavy (non-hydrogen) atoms. The molecule has 1 N–H and O–H groups in total. The number of amides is 1. The Bertz CT molecular complexity index is 960. The van der Waals surface area contributed by atoms with E-state index in [2.05, 4.69) is 33.4 Å². The molecule has 0 saturated carbocycles. The monoisotopic (exact) mass is 442 g/mol. The number of rotatable bonds is 6. The van der Waals surface area contributed by atoms with Gasteiger partial charge in [0.2, 0.25) is 0 Å². The first-order valence-corrected chi connectivity index (χ1v) is 9.82. The number of nitro groups is 1. The first-order chi connectivity index (χ1) is 13.0. The fraction of sp³-hybridized carbons (Fsp3) is 0.0500. The number of carbonyl (C=O) groups is 1. The molecule has 3 aromatic rings. The second-order valence-corrected chi connectivity index (χ2v) is 7.67. The van der Waals surface area contributed by atoms with E-state index in [4.69, 9.17) is 0 Å². The van der Waals surface area contributed by atoms with Gasteiger partial charge in [-0.2, -0.15) is 0 Å². The molecule has 0 heterocycles. The van der Waals surface area contributed by atoms with Gasteiger partial charge in [-0.1, -0.05) is 34.1 Å². The number of nitro benzene ring substituents is 1.